The van der Waals surface area contributed by atoms with Crippen molar-refractivity contribution in [3.63, 3.8) is 0 Å². The lowest BCUT2D eigenvalue weighted by atomic mass is 10.2. The number of aromatic nitrogens is 2. The van der Waals surface area contributed by atoms with Crippen molar-refractivity contribution in [3.05, 3.63) is 93.8 Å². The molecule has 1 fully saturated rings. The van der Waals surface area contributed by atoms with Gasteiger partial charge >= 0.3 is 5.69 Å². The number of nitrogens with one attached hydrogen (secondary N) is 1. The normalized spacial score (nSPS) is 21.3. The van der Waals surface area contributed by atoms with E-state index in [4.69, 9.17) is 9.16 Å². The van der Waals surface area contributed by atoms with Crippen LogP contribution >= 0.6 is 0 Å². The van der Waals surface area contributed by atoms with Crippen LogP contribution in [0.5, 0.6) is 0 Å². The highest BCUT2D eigenvalue weighted by Gasteiger charge is 2.51. The lowest BCUT2D eigenvalue weighted by molar-refractivity contribution is -0.0426. The van der Waals surface area contributed by atoms with E-state index in [0.29, 0.717) is 0 Å². The zero-order valence-electron chi connectivity index (χ0n) is 19.1. The van der Waals surface area contributed by atoms with Crippen LogP contribution in [-0.4, -0.2) is 41.8 Å². The molecular formula is C25H30N2O5Si. The van der Waals surface area contributed by atoms with Crippen molar-refractivity contribution < 1.29 is 14.3 Å². The van der Waals surface area contributed by atoms with E-state index in [9.17, 15) is 14.7 Å². The number of aliphatic hydroxyl groups is 1. The molecule has 3 aromatic rings. The largest absolute Gasteiger partial charge is 0.405 e. The summed E-state index contributed by atoms with van der Waals surface area (Å²) >= 11 is 0. The van der Waals surface area contributed by atoms with Crippen molar-refractivity contribution in [1.82, 2.24) is 9.55 Å². The number of nitrogens with zero attached hydrogens (tertiary/aromatic N) is 1. The van der Waals surface area contributed by atoms with Crippen LogP contribution in [0.1, 0.15) is 33.4 Å². The van der Waals surface area contributed by atoms with Crippen LogP contribution in [0.15, 0.2) is 82.5 Å². The fraction of sp³-hybridized carbons (Fsp3) is 0.360. The molecule has 2 heterocycles. The lowest BCUT2D eigenvalue weighted by Gasteiger charge is -2.43. The fourth-order valence-electron chi connectivity index (χ4n) is 4.66. The Hall–Kier alpha value is -2.78. The molecule has 33 heavy (non-hydrogen) atoms. The van der Waals surface area contributed by atoms with E-state index in [-0.39, 0.29) is 18.1 Å². The van der Waals surface area contributed by atoms with Gasteiger partial charge in [-0.3, -0.25) is 14.3 Å². The Kier molecular flexibility index (Phi) is 6.53. The first-order valence-corrected chi connectivity index (χ1v) is 13.0. The predicted octanol–water partition coefficient (Wildman–Crippen LogP) is 1.76. The van der Waals surface area contributed by atoms with E-state index in [1.807, 2.05) is 36.4 Å². The average molecular weight is 467 g/mol. The molecule has 0 bridgehead atoms. The third kappa shape index (κ3) is 4.52. The lowest BCUT2D eigenvalue weighted by Crippen LogP contribution is -2.67. The highest BCUT2D eigenvalue weighted by Crippen LogP contribution is 2.38. The summed E-state index contributed by atoms with van der Waals surface area (Å²) in [5.74, 6) is 0. The smallest absolute Gasteiger partial charge is 0.330 e. The zero-order valence-corrected chi connectivity index (χ0v) is 20.1. The molecule has 2 aromatic carbocycles. The van der Waals surface area contributed by atoms with E-state index >= 15 is 0 Å². The van der Waals surface area contributed by atoms with Gasteiger partial charge < -0.3 is 14.3 Å². The molecule has 3 atom stereocenters. The van der Waals surface area contributed by atoms with Gasteiger partial charge in [-0.2, -0.15) is 0 Å². The molecule has 0 spiro atoms. The highest BCUT2D eigenvalue weighted by atomic mass is 28.4. The van der Waals surface area contributed by atoms with Crippen LogP contribution in [0.3, 0.4) is 0 Å². The molecule has 2 N–H and O–H groups in total. The van der Waals surface area contributed by atoms with Crippen LogP contribution < -0.4 is 21.6 Å². The number of benzene rings is 2. The standard InChI is InChI=1S/C25H30N2O5Si/c1-25(2,3)33(18-10-6-4-7-11-18,19-12-8-5-9-13-19)31-17-21-20(28)16-23(32-21)27-15-14-22(29)26-24(27)30/h4-15,20-21,23,28H,16-17H2,1-3H3,(H,26,29,30)/t20-,21-,23+/m0/s1. The quantitative estimate of drug-likeness (QED) is 0.540. The molecule has 0 saturated carbocycles. The summed E-state index contributed by atoms with van der Waals surface area (Å²) in [6.07, 6.45) is -0.440. The molecule has 0 amide bonds. The van der Waals surface area contributed by atoms with E-state index in [1.54, 1.807) is 0 Å². The summed E-state index contributed by atoms with van der Waals surface area (Å²) in [6.45, 7) is 6.75. The molecule has 1 aliphatic heterocycles. The van der Waals surface area contributed by atoms with Gasteiger partial charge in [0.2, 0.25) is 0 Å². The van der Waals surface area contributed by atoms with E-state index in [0.717, 1.165) is 10.4 Å². The van der Waals surface area contributed by atoms with Crippen molar-refractivity contribution in [3.8, 4) is 0 Å². The number of hydrogen-bond acceptors (Lipinski definition) is 5. The second-order valence-corrected chi connectivity index (χ2v) is 13.7. The Morgan fingerprint density at radius 1 is 1.03 bits per heavy atom. The predicted molar refractivity (Wildman–Crippen MR) is 129 cm³/mol. The molecule has 1 aliphatic rings. The molecule has 4 rings (SSSR count). The van der Waals surface area contributed by atoms with Gasteiger partial charge in [0.15, 0.2) is 0 Å². The van der Waals surface area contributed by atoms with E-state index in [1.165, 1.54) is 16.8 Å². The maximum absolute atomic E-state index is 12.2. The van der Waals surface area contributed by atoms with Gasteiger partial charge in [-0.1, -0.05) is 81.4 Å². The van der Waals surface area contributed by atoms with Crippen molar-refractivity contribution in [2.24, 2.45) is 0 Å². The van der Waals surface area contributed by atoms with Crippen molar-refractivity contribution in [2.75, 3.05) is 6.61 Å². The molecule has 0 aliphatic carbocycles. The Morgan fingerprint density at radius 3 is 2.12 bits per heavy atom. The molecule has 7 nitrogen and oxygen atoms in total. The molecule has 0 radical (unpaired) electrons. The first-order valence-electron chi connectivity index (χ1n) is 11.1. The minimum Gasteiger partial charge on any atom is -0.405 e. The van der Waals surface area contributed by atoms with Gasteiger partial charge in [0.05, 0.1) is 12.7 Å². The highest BCUT2D eigenvalue weighted by molar-refractivity contribution is 6.99. The van der Waals surface area contributed by atoms with Gasteiger partial charge in [0, 0.05) is 18.7 Å². The molecule has 174 valence electrons. The third-order valence-electron chi connectivity index (χ3n) is 6.25. The van der Waals surface area contributed by atoms with Crippen molar-refractivity contribution >= 4 is 18.7 Å². The molecular weight excluding hydrogens is 436 g/mol. The maximum Gasteiger partial charge on any atom is 0.330 e. The Labute approximate surface area is 193 Å². The maximum atomic E-state index is 12.2. The van der Waals surface area contributed by atoms with E-state index < -0.39 is 38.0 Å². The Morgan fingerprint density at radius 2 is 1.61 bits per heavy atom. The SMILES string of the molecule is CC(C)(C)[Si](OC[C@@H]1O[C@@H](n2ccc(=O)[nH]c2=O)C[C@@H]1O)(c1ccccc1)c1ccccc1. The van der Waals surface area contributed by atoms with Gasteiger partial charge in [-0.15, -0.1) is 0 Å². The number of hydrogen-bond donors (Lipinski definition) is 2. The Balaban J connectivity index is 1.65. The molecule has 1 saturated heterocycles. The number of ether oxygens (including phenoxy) is 1. The first-order chi connectivity index (χ1) is 15.7. The van der Waals surface area contributed by atoms with Crippen LogP contribution in [0, 0.1) is 0 Å². The van der Waals surface area contributed by atoms with Gasteiger partial charge in [-0.25, -0.2) is 4.79 Å². The summed E-state index contributed by atoms with van der Waals surface area (Å²) in [4.78, 5) is 25.8. The van der Waals surface area contributed by atoms with Crippen LogP contribution in [0.25, 0.3) is 0 Å². The molecule has 8 heteroatoms. The zero-order chi connectivity index (χ0) is 23.6. The summed E-state index contributed by atoms with van der Waals surface area (Å²) in [5.41, 5.74) is -1.03. The fourth-order valence-corrected chi connectivity index (χ4v) is 9.23. The number of rotatable bonds is 6. The van der Waals surface area contributed by atoms with Crippen LogP contribution in [-0.2, 0) is 9.16 Å². The first kappa shape index (κ1) is 23.4. The van der Waals surface area contributed by atoms with Gasteiger partial charge in [-0.05, 0) is 15.4 Å². The van der Waals surface area contributed by atoms with Gasteiger partial charge in [0.1, 0.15) is 12.3 Å². The summed E-state index contributed by atoms with van der Waals surface area (Å²) < 4.78 is 14.2. The second-order valence-electron chi connectivity index (χ2n) is 9.42. The Bertz CT molecular complexity index is 1150. The summed E-state index contributed by atoms with van der Waals surface area (Å²) in [6, 6.07) is 21.8. The molecule has 1 aromatic heterocycles. The topological polar surface area (TPSA) is 93.5 Å². The number of aromatic amines is 1. The third-order valence-corrected chi connectivity index (χ3v) is 11.3. The van der Waals surface area contributed by atoms with E-state index in [2.05, 4.69) is 50.0 Å². The number of aliphatic hydroxyl groups excluding tert-OH is 1. The summed E-state index contributed by atoms with van der Waals surface area (Å²) in [7, 11) is -2.77. The minimum atomic E-state index is -2.77. The monoisotopic (exact) mass is 466 g/mol. The summed E-state index contributed by atoms with van der Waals surface area (Å²) in [5, 5.41) is 12.8. The van der Waals surface area contributed by atoms with Crippen molar-refractivity contribution in [1.29, 1.82) is 0 Å². The van der Waals surface area contributed by atoms with Crippen molar-refractivity contribution in [2.45, 2.75) is 50.7 Å². The minimum absolute atomic E-state index is 0.184. The number of H-pyrrole nitrogens is 1. The van der Waals surface area contributed by atoms with Crippen LogP contribution in [0.4, 0.5) is 0 Å². The average Bonchev–Trinajstić information content (AvgIpc) is 3.15. The van der Waals surface area contributed by atoms with Crippen LogP contribution in [0.2, 0.25) is 5.04 Å². The second kappa shape index (κ2) is 9.22. The molecule has 0 unspecified atom stereocenters. The van der Waals surface area contributed by atoms with Gasteiger partial charge in [0.25, 0.3) is 13.9 Å².